The normalized spacial score (nSPS) is 24.2. The number of piperidine rings is 1. The summed E-state index contributed by atoms with van der Waals surface area (Å²) in [5.41, 5.74) is 4.87. The van der Waals surface area contributed by atoms with E-state index < -0.39 is 17.4 Å². The van der Waals surface area contributed by atoms with Gasteiger partial charge in [0.25, 0.3) is 0 Å². The molecule has 0 radical (unpaired) electrons. The van der Waals surface area contributed by atoms with Gasteiger partial charge in [0, 0.05) is 37.8 Å². The zero-order chi connectivity index (χ0) is 25.3. The van der Waals surface area contributed by atoms with Crippen LogP contribution in [0.5, 0.6) is 0 Å². The lowest BCUT2D eigenvalue weighted by Gasteiger charge is -2.51. The number of halogens is 1. The average Bonchev–Trinajstić information content (AvgIpc) is 2.86. The smallest absolute Gasteiger partial charge is 0.315 e. The molecule has 4 atom stereocenters. The molecule has 0 spiro atoms. The van der Waals surface area contributed by atoms with Gasteiger partial charge in [-0.1, -0.05) is 50.3 Å². The molecule has 1 heterocycles. The molecule has 4 N–H and O–H groups in total. The van der Waals surface area contributed by atoms with Crippen LogP contribution >= 0.6 is 0 Å². The molecule has 1 aliphatic heterocycles. The van der Waals surface area contributed by atoms with Crippen molar-refractivity contribution in [2.45, 2.75) is 82.3 Å². The van der Waals surface area contributed by atoms with Gasteiger partial charge in [-0.3, -0.25) is 0 Å². The van der Waals surface area contributed by atoms with E-state index in [1.807, 2.05) is 7.05 Å². The number of ether oxygens (including phenoxy) is 1. The number of methoxy groups -OCH3 is 1. The van der Waals surface area contributed by atoms with Crippen molar-refractivity contribution >= 4 is 6.03 Å². The molecule has 2 aliphatic rings. The molecular formula is C28H46FN3O3. The van der Waals surface area contributed by atoms with E-state index in [0.717, 1.165) is 32.2 Å². The minimum Gasteiger partial charge on any atom is -0.385 e. The summed E-state index contributed by atoms with van der Waals surface area (Å²) in [6, 6.07) is 5.88. The first-order chi connectivity index (χ1) is 16.9. The zero-order valence-electron chi connectivity index (χ0n) is 21.7. The fourth-order valence-electron chi connectivity index (χ4n) is 6.81. The maximum atomic E-state index is 15.2. The molecule has 7 heteroatoms. The van der Waals surface area contributed by atoms with Gasteiger partial charge >= 0.3 is 6.03 Å². The van der Waals surface area contributed by atoms with Crippen molar-refractivity contribution in [2.75, 3.05) is 33.9 Å². The summed E-state index contributed by atoms with van der Waals surface area (Å²) in [6.07, 6.45) is 10.6. The number of carbonyl (C=O) groups is 1. The number of nitrogens with zero attached hydrogens (tertiary/aromatic N) is 1. The summed E-state index contributed by atoms with van der Waals surface area (Å²) in [4.78, 5) is 14.5. The Morgan fingerprint density at radius 3 is 2.63 bits per heavy atom. The standard InChI is InChI=1S/C28H46FN3O3/c1-31-20-22(19-21-11-4-3-5-12-21)26-24(14-10-17-32(26)27(30)33)28(34,16-8-9-18-35-2)23-13-6-7-15-25(23)29/h6-7,13,15,21-22,24,26,31,34H,3-5,8-12,14,16-20H2,1-2H3,(H2,30,33)/t22-,24?,26?,28+/m0/s1. The molecule has 2 fully saturated rings. The number of amides is 2. The maximum absolute atomic E-state index is 15.2. The number of nitrogens with two attached hydrogens (primary N) is 1. The first-order valence-electron chi connectivity index (χ1n) is 13.6. The number of hydrogen-bond acceptors (Lipinski definition) is 4. The van der Waals surface area contributed by atoms with E-state index in [1.165, 1.54) is 38.2 Å². The highest BCUT2D eigenvalue weighted by Crippen LogP contribution is 2.47. The van der Waals surface area contributed by atoms with Crippen LogP contribution in [0, 0.1) is 23.6 Å². The Kier molecular flexibility index (Phi) is 10.8. The van der Waals surface area contributed by atoms with E-state index in [2.05, 4.69) is 5.32 Å². The number of aliphatic hydroxyl groups is 1. The summed E-state index contributed by atoms with van der Waals surface area (Å²) in [6.45, 7) is 1.91. The number of unbranched alkanes of at least 4 members (excludes halogenated alkanes) is 1. The minimum absolute atomic E-state index is 0.137. The summed E-state index contributed by atoms with van der Waals surface area (Å²) < 4.78 is 20.4. The predicted octanol–water partition coefficient (Wildman–Crippen LogP) is 4.80. The van der Waals surface area contributed by atoms with E-state index in [1.54, 1.807) is 30.2 Å². The van der Waals surface area contributed by atoms with Gasteiger partial charge in [-0.2, -0.15) is 0 Å². The fourth-order valence-corrected chi connectivity index (χ4v) is 6.81. The number of hydrogen-bond donors (Lipinski definition) is 3. The molecule has 6 nitrogen and oxygen atoms in total. The van der Waals surface area contributed by atoms with Gasteiger partial charge in [0.2, 0.25) is 0 Å². The van der Waals surface area contributed by atoms with Crippen LogP contribution in [0.25, 0.3) is 0 Å². The number of carbonyl (C=O) groups excluding carboxylic acids is 1. The molecule has 198 valence electrons. The van der Waals surface area contributed by atoms with Gasteiger partial charge in [-0.05, 0) is 70.0 Å². The quantitative estimate of drug-likeness (QED) is 0.367. The number of primary amides is 1. The Balaban J connectivity index is 2.01. The Morgan fingerprint density at radius 2 is 1.97 bits per heavy atom. The molecule has 0 aromatic heterocycles. The fraction of sp³-hybridized carbons (Fsp3) is 0.750. The van der Waals surface area contributed by atoms with E-state index in [-0.39, 0.29) is 17.9 Å². The van der Waals surface area contributed by atoms with Crippen LogP contribution in [-0.2, 0) is 10.3 Å². The van der Waals surface area contributed by atoms with Crippen molar-refractivity contribution in [3.8, 4) is 0 Å². The molecule has 1 aromatic carbocycles. The minimum atomic E-state index is -1.39. The Labute approximate surface area is 210 Å². The van der Waals surface area contributed by atoms with Gasteiger partial charge in [0.1, 0.15) is 5.82 Å². The largest absolute Gasteiger partial charge is 0.385 e. The van der Waals surface area contributed by atoms with Crippen molar-refractivity contribution in [3.63, 3.8) is 0 Å². The molecule has 1 aliphatic carbocycles. The lowest BCUT2D eigenvalue weighted by molar-refractivity contribution is -0.0953. The average molecular weight is 492 g/mol. The van der Waals surface area contributed by atoms with Crippen LogP contribution in [0.4, 0.5) is 9.18 Å². The van der Waals surface area contributed by atoms with E-state index in [9.17, 15) is 9.90 Å². The van der Waals surface area contributed by atoms with Gasteiger partial charge < -0.3 is 25.8 Å². The molecule has 2 unspecified atom stereocenters. The molecule has 2 amide bonds. The van der Waals surface area contributed by atoms with Crippen LogP contribution in [0.2, 0.25) is 0 Å². The molecule has 1 saturated heterocycles. The molecule has 1 saturated carbocycles. The number of nitrogens with one attached hydrogen (secondary N) is 1. The summed E-state index contributed by atoms with van der Waals surface area (Å²) in [5, 5.41) is 15.7. The van der Waals surface area contributed by atoms with E-state index in [0.29, 0.717) is 37.5 Å². The second-order valence-corrected chi connectivity index (χ2v) is 10.7. The summed E-state index contributed by atoms with van der Waals surface area (Å²) in [5.74, 6) is 0.0557. The lowest BCUT2D eigenvalue weighted by Crippen LogP contribution is -2.60. The first-order valence-corrected chi connectivity index (χ1v) is 13.6. The van der Waals surface area contributed by atoms with E-state index in [4.69, 9.17) is 10.5 Å². The topological polar surface area (TPSA) is 87.8 Å². The second kappa shape index (κ2) is 13.6. The predicted molar refractivity (Wildman–Crippen MR) is 137 cm³/mol. The number of benzene rings is 1. The van der Waals surface area contributed by atoms with Crippen molar-refractivity contribution in [2.24, 2.45) is 23.5 Å². The van der Waals surface area contributed by atoms with E-state index >= 15 is 4.39 Å². The Bertz CT molecular complexity index is 788. The Hall–Kier alpha value is -1.70. The molecule has 0 bridgehead atoms. The number of urea groups is 1. The van der Waals surface area contributed by atoms with Crippen molar-refractivity contribution in [1.82, 2.24) is 10.2 Å². The van der Waals surface area contributed by atoms with Crippen molar-refractivity contribution < 1.29 is 19.0 Å². The van der Waals surface area contributed by atoms with Gasteiger partial charge in [-0.15, -0.1) is 0 Å². The van der Waals surface area contributed by atoms with Crippen LogP contribution in [0.15, 0.2) is 24.3 Å². The SMILES string of the molecule is CNC[C@H](CC1CCCCC1)C1C([C@@](O)(CCCCOC)c2ccccc2F)CCCN1C(N)=O. The molecular weight excluding hydrogens is 445 g/mol. The van der Waals surface area contributed by atoms with Gasteiger partial charge in [0.05, 0.1) is 5.60 Å². The molecule has 35 heavy (non-hydrogen) atoms. The third-order valence-corrected chi connectivity index (χ3v) is 8.39. The summed E-state index contributed by atoms with van der Waals surface area (Å²) >= 11 is 0. The highest BCUT2D eigenvalue weighted by atomic mass is 19.1. The van der Waals surface area contributed by atoms with Crippen molar-refractivity contribution in [1.29, 1.82) is 0 Å². The van der Waals surface area contributed by atoms with Crippen molar-refractivity contribution in [3.05, 3.63) is 35.6 Å². The second-order valence-electron chi connectivity index (χ2n) is 10.7. The lowest BCUT2D eigenvalue weighted by atomic mass is 9.65. The zero-order valence-corrected chi connectivity index (χ0v) is 21.7. The highest BCUT2D eigenvalue weighted by molar-refractivity contribution is 5.72. The van der Waals surface area contributed by atoms with Gasteiger partial charge in [0.15, 0.2) is 0 Å². The third kappa shape index (κ3) is 6.95. The van der Waals surface area contributed by atoms with Crippen LogP contribution in [0.3, 0.4) is 0 Å². The monoisotopic (exact) mass is 491 g/mol. The number of rotatable bonds is 12. The van der Waals surface area contributed by atoms with Crippen LogP contribution in [-0.4, -0.2) is 55.9 Å². The molecule has 1 aromatic rings. The van der Waals surface area contributed by atoms with Crippen LogP contribution < -0.4 is 11.1 Å². The van der Waals surface area contributed by atoms with Crippen LogP contribution in [0.1, 0.15) is 76.2 Å². The molecule has 3 rings (SSSR count). The van der Waals surface area contributed by atoms with Gasteiger partial charge in [-0.25, -0.2) is 9.18 Å². The third-order valence-electron chi connectivity index (χ3n) is 8.39. The number of likely N-dealkylation sites (tertiary alicyclic amines) is 1. The highest BCUT2D eigenvalue weighted by Gasteiger charge is 2.50. The maximum Gasteiger partial charge on any atom is 0.315 e. The Morgan fingerprint density at radius 1 is 1.23 bits per heavy atom. The first kappa shape index (κ1) is 27.9. The summed E-state index contributed by atoms with van der Waals surface area (Å²) in [7, 11) is 3.60.